The molecule has 0 aliphatic rings. The summed E-state index contributed by atoms with van der Waals surface area (Å²) in [7, 11) is 0. The van der Waals surface area contributed by atoms with Crippen LogP contribution in [0.3, 0.4) is 0 Å². The van der Waals surface area contributed by atoms with E-state index in [0.29, 0.717) is 0 Å². The van der Waals surface area contributed by atoms with Gasteiger partial charge >= 0.3 is 0 Å². The maximum atomic E-state index is 6.39. The Morgan fingerprint density at radius 3 is 2.52 bits per heavy atom. The molecule has 0 aliphatic carbocycles. The maximum Gasteiger partial charge on any atom is 0.106 e. The predicted octanol–water partition coefficient (Wildman–Crippen LogP) is 3.61. The van der Waals surface area contributed by atoms with Crippen molar-refractivity contribution in [3.63, 3.8) is 0 Å². The lowest BCUT2D eigenvalue weighted by atomic mass is 10.0. The predicted molar refractivity (Wildman–Crippen MR) is 87.2 cm³/mol. The molecule has 3 heteroatoms. The number of nitrogens with zero attached hydrogens (tertiary/aromatic N) is 2. The van der Waals surface area contributed by atoms with Crippen LogP contribution in [0.2, 0.25) is 0 Å². The number of rotatable bonds is 4. The van der Waals surface area contributed by atoms with Crippen molar-refractivity contribution >= 4 is 11.0 Å². The van der Waals surface area contributed by atoms with Crippen molar-refractivity contribution < 1.29 is 0 Å². The maximum absolute atomic E-state index is 6.39. The Bertz CT molecular complexity index is 741. The van der Waals surface area contributed by atoms with Gasteiger partial charge in [0.1, 0.15) is 5.82 Å². The third-order valence-electron chi connectivity index (χ3n) is 4.04. The lowest BCUT2D eigenvalue weighted by molar-refractivity contribution is 0.577. The van der Waals surface area contributed by atoms with Crippen molar-refractivity contribution in [2.45, 2.75) is 32.9 Å². The van der Waals surface area contributed by atoms with Gasteiger partial charge in [0, 0.05) is 12.6 Å². The van der Waals surface area contributed by atoms with Gasteiger partial charge in [-0.3, -0.25) is 0 Å². The highest BCUT2D eigenvalue weighted by atomic mass is 15.1. The fourth-order valence-corrected chi connectivity index (χ4v) is 2.73. The molecule has 21 heavy (non-hydrogen) atoms. The number of imidazole rings is 1. The summed E-state index contributed by atoms with van der Waals surface area (Å²) < 4.78 is 2.20. The number of fused-ring (bicyclic) bond motifs is 1. The van der Waals surface area contributed by atoms with Crippen molar-refractivity contribution in [3.8, 4) is 0 Å². The first-order chi connectivity index (χ1) is 10.2. The summed E-state index contributed by atoms with van der Waals surface area (Å²) >= 11 is 0. The Kier molecular flexibility index (Phi) is 3.76. The fraction of sp³-hybridized carbons (Fsp3) is 0.278. The smallest absolute Gasteiger partial charge is 0.106 e. The number of nitrogens with two attached hydrogens (primary N) is 1. The van der Waals surface area contributed by atoms with Crippen molar-refractivity contribution in [3.05, 3.63) is 65.5 Å². The second-order valence-electron chi connectivity index (χ2n) is 5.46. The van der Waals surface area contributed by atoms with Gasteiger partial charge in [-0.25, -0.2) is 4.98 Å². The molecular weight excluding hydrogens is 258 g/mol. The topological polar surface area (TPSA) is 43.8 Å². The van der Waals surface area contributed by atoms with Gasteiger partial charge in [-0.05, 0) is 36.6 Å². The lowest BCUT2D eigenvalue weighted by Crippen LogP contribution is -2.18. The molecule has 108 valence electrons. The zero-order valence-electron chi connectivity index (χ0n) is 12.6. The van der Waals surface area contributed by atoms with Crippen LogP contribution in [0.1, 0.15) is 29.9 Å². The third-order valence-corrected chi connectivity index (χ3v) is 4.04. The van der Waals surface area contributed by atoms with Gasteiger partial charge < -0.3 is 10.3 Å². The molecule has 0 amide bonds. The van der Waals surface area contributed by atoms with E-state index >= 15 is 0 Å². The van der Waals surface area contributed by atoms with Gasteiger partial charge in [0.05, 0.1) is 11.0 Å². The van der Waals surface area contributed by atoms with E-state index in [1.54, 1.807) is 0 Å². The van der Waals surface area contributed by atoms with E-state index in [9.17, 15) is 0 Å². The van der Waals surface area contributed by atoms with E-state index in [2.05, 4.69) is 46.8 Å². The molecule has 2 N–H and O–H groups in total. The summed E-state index contributed by atoms with van der Waals surface area (Å²) in [5, 5.41) is 0. The second-order valence-corrected chi connectivity index (χ2v) is 5.46. The van der Waals surface area contributed by atoms with Crippen molar-refractivity contribution in [1.29, 1.82) is 0 Å². The number of hydrogen-bond donors (Lipinski definition) is 1. The average Bonchev–Trinajstić information content (AvgIpc) is 2.83. The minimum absolute atomic E-state index is 0.0211. The number of benzene rings is 2. The van der Waals surface area contributed by atoms with Gasteiger partial charge in [0.2, 0.25) is 0 Å². The molecule has 1 heterocycles. The SMILES string of the molecule is CCc1ccc(C(N)Cn2c(C)nc3ccccc32)cc1. The van der Waals surface area contributed by atoms with E-state index in [4.69, 9.17) is 5.73 Å². The van der Waals surface area contributed by atoms with Crippen molar-refractivity contribution in [2.75, 3.05) is 0 Å². The van der Waals surface area contributed by atoms with E-state index in [-0.39, 0.29) is 6.04 Å². The van der Waals surface area contributed by atoms with Crippen LogP contribution in [0, 0.1) is 6.92 Å². The van der Waals surface area contributed by atoms with E-state index in [1.807, 2.05) is 25.1 Å². The Hall–Kier alpha value is -2.13. The first-order valence-electron chi connectivity index (χ1n) is 7.45. The Labute approximate surface area is 125 Å². The van der Waals surface area contributed by atoms with Crippen LogP contribution < -0.4 is 5.73 Å². The van der Waals surface area contributed by atoms with Crippen LogP contribution >= 0.6 is 0 Å². The summed E-state index contributed by atoms with van der Waals surface area (Å²) in [6, 6.07) is 16.8. The standard InChI is InChI=1S/C18H21N3/c1-3-14-8-10-15(11-9-14)16(19)12-21-13(2)20-17-6-4-5-7-18(17)21/h4-11,16H,3,12,19H2,1-2H3. The Balaban J connectivity index is 1.88. The number of aromatic nitrogens is 2. The molecular formula is C18H21N3. The summed E-state index contributed by atoms with van der Waals surface area (Å²) in [5.41, 5.74) is 11.1. The van der Waals surface area contributed by atoms with E-state index in [0.717, 1.165) is 29.8 Å². The van der Waals surface area contributed by atoms with Gasteiger partial charge in [-0.15, -0.1) is 0 Å². The highest BCUT2D eigenvalue weighted by Gasteiger charge is 2.12. The largest absolute Gasteiger partial charge is 0.326 e. The molecule has 1 aromatic heterocycles. The second kappa shape index (κ2) is 5.70. The normalized spacial score (nSPS) is 12.7. The van der Waals surface area contributed by atoms with Gasteiger partial charge in [0.15, 0.2) is 0 Å². The molecule has 0 saturated carbocycles. The molecule has 0 bridgehead atoms. The van der Waals surface area contributed by atoms with Gasteiger partial charge in [-0.2, -0.15) is 0 Å². The van der Waals surface area contributed by atoms with Gasteiger partial charge in [-0.1, -0.05) is 43.3 Å². The molecule has 1 unspecified atom stereocenters. The zero-order chi connectivity index (χ0) is 14.8. The highest BCUT2D eigenvalue weighted by molar-refractivity contribution is 5.75. The third kappa shape index (κ3) is 2.69. The van der Waals surface area contributed by atoms with Crippen molar-refractivity contribution in [2.24, 2.45) is 5.73 Å². The number of hydrogen-bond acceptors (Lipinski definition) is 2. The zero-order valence-corrected chi connectivity index (χ0v) is 12.6. The van der Waals surface area contributed by atoms with Crippen LogP contribution in [-0.4, -0.2) is 9.55 Å². The molecule has 0 fully saturated rings. The first-order valence-corrected chi connectivity index (χ1v) is 7.45. The van der Waals surface area contributed by atoms with E-state index in [1.165, 1.54) is 11.1 Å². The molecule has 3 nitrogen and oxygen atoms in total. The molecule has 0 aliphatic heterocycles. The minimum atomic E-state index is -0.0211. The first kappa shape index (κ1) is 13.8. The minimum Gasteiger partial charge on any atom is -0.326 e. The van der Waals surface area contributed by atoms with Crippen LogP contribution in [0.5, 0.6) is 0 Å². The summed E-state index contributed by atoms with van der Waals surface area (Å²) in [6.07, 6.45) is 1.06. The summed E-state index contributed by atoms with van der Waals surface area (Å²) in [4.78, 5) is 4.59. The highest BCUT2D eigenvalue weighted by Crippen LogP contribution is 2.20. The Morgan fingerprint density at radius 2 is 1.81 bits per heavy atom. The summed E-state index contributed by atoms with van der Waals surface area (Å²) in [6.45, 7) is 4.95. The van der Waals surface area contributed by atoms with E-state index < -0.39 is 0 Å². The molecule has 3 rings (SSSR count). The molecule has 3 aromatic rings. The van der Waals surface area contributed by atoms with Crippen LogP contribution in [0.15, 0.2) is 48.5 Å². The molecule has 0 spiro atoms. The fourth-order valence-electron chi connectivity index (χ4n) is 2.73. The molecule has 1 atom stereocenters. The monoisotopic (exact) mass is 279 g/mol. The number of para-hydroxylation sites is 2. The van der Waals surface area contributed by atoms with Gasteiger partial charge in [0.25, 0.3) is 0 Å². The van der Waals surface area contributed by atoms with Crippen LogP contribution in [0.4, 0.5) is 0 Å². The van der Waals surface area contributed by atoms with Crippen molar-refractivity contribution in [1.82, 2.24) is 9.55 Å². The van der Waals surface area contributed by atoms with Crippen LogP contribution in [-0.2, 0) is 13.0 Å². The average molecular weight is 279 g/mol. The number of aryl methyl sites for hydroxylation is 2. The molecule has 0 saturated heterocycles. The lowest BCUT2D eigenvalue weighted by Gasteiger charge is -2.15. The van der Waals surface area contributed by atoms with Crippen LogP contribution in [0.25, 0.3) is 11.0 Å². The summed E-state index contributed by atoms with van der Waals surface area (Å²) in [5.74, 6) is 1.01. The molecule has 0 radical (unpaired) electrons. The Morgan fingerprint density at radius 1 is 1.10 bits per heavy atom. The quantitative estimate of drug-likeness (QED) is 0.793. The molecule has 2 aromatic carbocycles.